The van der Waals surface area contributed by atoms with Gasteiger partial charge in [-0.2, -0.15) is 12.1 Å². The molecule has 6 heteroatoms. The van der Waals surface area contributed by atoms with E-state index in [4.69, 9.17) is 0 Å². The Labute approximate surface area is 246 Å². The van der Waals surface area contributed by atoms with Crippen LogP contribution in [-0.2, 0) is 29.7 Å². The smallest absolute Gasteiger partial charge is 0.550 e. The minimum absolute atomic E-state index is 0. The number of carbonyl (C=O) groups excluding carboxylic acids is 2. The fourth-order valence-electron chi connectivity index (χ4n) is 3.97. The van der Waals surface area contributed by atoms with Gasteiger partial charge < -0.3 is 19.9 Å². The van der Waals surface area contributed by atoms with E-state index < -0.39 is 12.4 Å². The Morgan fingerprint density at radius 1 is 0.625 bits per heavy atom. The molecule has 2 aromatic heterocycles. The van der Waals surface area contributed by atoms with Gasteiger partial charge in [0, 0.05) is 12.4 Å². The molecule has 198 valence electrons. The second-order valence-corrected chi connectivity index (χ2v) is 8.63. The van der Waals surface area contributed by atoms with Crippen molar-refractivity contribution in [3.8, 4) is 22.5 Å². The number of Topliss-reactive ketones (excluding diaryl/α,β-unsaturated/α-hetero) is 1. The molecule has 0 saturated heterocycles. The van der Waals surface area contributed by atoms with Crippen molar-refractivity contribution in [2.24, 2.45) is 0 Å². The molecule has 0 atom stereocenters. The van der Waals surface area contributed by atoms with Crippen LogP contribution in [0.1, 0.15) is 13.3 Å². The van der Waals surface area contributed by atoms with Crippen molar-refractivity contribution in [2.75, 3.05) is 0 Å². The van der Waals surface area contributed by atoms with E-state index in [0.29, 0.717) is 0 Å². The van der Waals surface area contributed by atoms with E-state index in [1.165, 1.54) is 28.5 Å². The van der Waals surface area contributed by atoms with E-state index in [1.807, 2.05) is 72.8 Å². The van der Waals surface area contributed by atoms with Crippen LogP contribution in [0.2, 0.25) is 0 Å². The van der Waals surface area contributed by atoms with Crippen molar-refractivity contribution >= 4 is 33.3 Å². The van der Waals surface area contributed by atoms with Crippen LogP contribution < -0.4 is 5.11 Å². The normalized spacial score (nSPS) is 9.82. The van der Waals surface area contributed by atoms with Gasteiger partial charge in [-0.1, -0.05) is 121 Å². The molecule has 2 heterocycles. The molecular formula is C34H25IrN2O3. The first-order valence-electron chi connectivity index (χ1n) is 12.3. The van der Waals surface area contributed by atoms with Crippen molar-refractivity contribution < 1.29 is 34.8 Å². The van der Waals surface area contributed by atoms with Gasteiger partial charge in [0.1, 0.15) is 5.78 Å². The summed E-state index contributed by atoms with van der Waals surface area (Å²) >= 11 is 0. The summed E-state index contributed by atoms with van der Waals surface area (Å²) in [5.74, 6) is -1.69. The third-order valence-electron chi connectivity index (χ3n) is 5.71. The third kappa shape index (κ3) is 8.24. The number of fused-ring (bicyclic) bond motifs is 2. The molecule has 0 amide bonds. The Bertz CT molecular complexity index is 1550. The van der Waals surface area contributed by atoms with Crippen LogP contribution in [0.15, 0.2) is 121 Å². The van der Waals surface area contributed by atoms with Gasteiger partial charge in [0.05, 0.1) is 0 Å². The number of ketones is 1. The number of pyridine rings is 2. The number of carboxylic acid groups (broad SMARTS) is 1. The van der Waals surface area contributed by atoms with Crippen LogP contribution in [0.5, 0.6) is 0 Å². The first kappa shape index (κ1) is 30.0. The minimum atomic E-state index is -1.31. The molecule has 5 nitrogen and oxygen atoms in total. The Balaban J connectivity index is 0.000000177. The van der Waals surface area contributed by atoms with Gasteiger partial charge in [0.2, 0.25) is 0 Å². The number of hydrogen-bond donors (Lipinski definition) is 0. The Morgan fingerprint density at radius 2 is 1.00 bits per heavy atom. The Kier molecular flexibility index (Phi) is 11.4. The fraction of sp³-hybridized carbons (Fsp3) is 0.0588. The predicted molar refractivity (Wildman–Crippen MR) is 152 cm³/mol. The van der Waals surface area contributed by atoms with Gasteiger partial charge in [-0.15, -0.1) is 33.7 Å². The number of carbonyl (C=O) groups is 2. The van der Waals surface area contributed by atoms with E-state index in [9.17, 15) is 14.7 Å². The SMILES string of the molecule is CC(=O)CC(=O)[O-].[Ir+3].[c-]1cc2ccccc2c(-c2ccccc2)n1.[c-]1cc2ccccc2c(-c2ccccc2)n1. The summed E-state index contributed by atoms with van der Waals surface area (Å²) < 4.78 is 0. The van der Waals surface area contributed by atoms with Crippen molar-refractivity contribution in [3.63, 3.8) is 0 Å². The van der Waals surface area contributed by atoms with E-state index >= 15 is 0 Å². The first-order chi connectivity index (χ1) is 19.0. The second kappa shape index (κ2) is 15.2. The molecule has 0 saturated carbocycles. The molecule has 40 heavy (non-hydrogen) atoms. The van der Waals surface area contributed by atoms with Crippen molar-refractivity contribution in [3.05, 3.63) is 134 Å². The summed E-state index contributed by atoms with van der Waals surface area (Å²) in [5, 5.41) is 14.2. The molecule has 0 aliphatic heterocycles. The van der Waals surface area contributed by atoms with Crippen LogP contribution in [0, 0.1) is 12.4 Å². The average molecular weight is 702 g/mol. The van der Waals surface area contributed by atoms with Gasteiger partial charge in [-0.25, -0.2) is 0 Å². The molecule has 6 rings (SSSR count). The Hall–Kier alpha value is -4.51. The second-order valence-electron chi connectivity index (χ2n) is 8.63. The van der Waals surface area contributed by atoms with E-state index in [2.05, 4.69) is 70.9 Å². The van der Waals surface area contributed by atoms with Crippen LogP contribution in [0.3, 0.4) is 0 Å². The van der Waals surface area contributed by atoms with Gasteiger partial charge in [-0.3, -0.25) is 4.79 Å². The van der Waals surface area contributed by atoms with E-state index in [0.717, 1.165) is 22.5 Å². The fourth-order valence-corrected chi connectivity index (χ4v) is 3.97. The number of nitrogens with zero attached hydrogens (tertiary/aromatic N) is 2. The standard InChI is InChI=1S/2C15H10N.C4H6O3.Ir/c2*1-2-7-13(8-3-1)15-14-9-5-4-6-12(14)10-11-16-15;1-3(5)2-4(6)7;/h2*1-10H;2H2,1H3,(H,6,7);/q2*-1;;+3/p-1. The number of benzene rings is 4. The van der Waals surface area contributed by atoms with Gasteiger partial charge >= 0.3 is 20.1 Å². The molecule has 0 spiro atoms. The van der Waals surface area contributed by atoms with Crippen molar-refractivity contribution in [1.29, 1.82) is 0 Å². The van der Waals surface area contributed by atoms with Crippen molar-refractivity contribution in [2.45, 2.75) is 13.3 Å². The monoisotopic (exact) mass is 702 g/mol. The molecule has 0 radical (unpaired) electrons. The number of carboxylic acids is 1. The summed E-state index contributed by atoms with van der Waals surface area (Å²) in [6.07, 6.45) is 5.43. The summed E-state index contributed by atoms with van der Waals surface area (Å²) in [6.45, 7) is 1.20. The first-order valence-corrected chi connectivity index (χ1v) is 12.3. The molecule has 0 N–H and O–H groups in total. The van der Waals surface area contributed by atoms with Gasteiger partial charge in [0.15, 0.2) is 0 Å². The van der Waals surface area contributed by atoms with Crippen LogP contribution in [0.25, 0.3) is 44.1 Å². The molecule has 0 aliphatic carbocycles. The third-order valence-corrected chi connectivity index (χ3v) is 5.71. The van der Waals surface area contributed by atoms with Gasteiger partial charge in [0.25, 0.3) is 0 Å². The molecule has 6 aromatic rings. The number of aliphatic carboxylic acids is 1. The van der Waals surface area contributed by atoms with E-state index in [1.54, 1.807) is 0 Å². The summed E-state index contributed by atoms with van der Waals surface area (Å²) in [4.78, 5) is 28.0. The zero-order chi connectivity index (χ0) is 27.5. The zero-order valence-corrected chi connectivity index (χ0v) is 24.1. The number of rotatable bonds is 4. The zero-order valence-electron chi connectivity index (χ0n) is 21.7. The average Bonchev–Trinajstić information content (AvgIpc) is 2.97. The minimum Gasteiger partial charge on any atom is -0.550 e. The number of hydrogen-bond acceptors (Lipinski definition) is 5. The quantitative estimate of drug-likeness (QED) is 0.164. The molecule has 0 unspecified atom stereocenters. The maximum Gasteiger partial charge on any atom is 3.00 e. The molecule has 4 aromatic carbocycles. The van der Waals surface area contributed by atoms with Crippen LogP contribution in [0.4, 0.5) is 0 Å². The molecule has 0 aliphatic rings. The summed E-state index contributed by atoms with van der Waals surface area (Å²) in [6, 6.07) is 40.8. The maximum absolute atomic E-state index is 9.83. The van der Waals surface area contributed by atoms with Crippen LogP contribution >= 0.6 is 0 Å². The van der Waals surface area contributed by atoms with Crippen LogP contribution in [-0.4, -0.2) is 21.7 Å². The van der Waals surface area contributed by atoms with E-state index in [-0.39, 0.29) is 25.9 Å². The predicted octanol–water partition coefficient (Wildman–Crippen LogP) is 6.12. The van der Waals surface area contributed by atoms with Crippen molar-refractivity contribution in [1.82, 2.24) is 9.97 Å². The van der Waals surface area contributed by atoms with Gasteiger partial charge in [-0.05, 0) is 18.3 Å². The maximum atomic E-state index is 9.83. The summed E-state index contributed by atoms with van der Waals surface area (Å²) in [7, 11) is 0. The summed E-state index contributed by atoms with van der Waals surface area (Å²) in [5.41, 5.74) is 4.27. The Morgan fingerprint density at radius 3 is 1.35 bits per heavy atom. The molecular weight excluding hydrogens is 677 g/mol. The molecule has 0 fully saturated rings. The largest absolute Gasteiger partial charge is 3.00 e. The number of aromatic nitrogens is 2. The topological polar surface area (TPSA) is 83.0 Å². The molecule has 0 bridgehead atoms.